The fourth-order valence-electron chi connectivity index (χ4n) is 2.27. The van der Waals surface area contributed by atoms with Crippen molar-refractivity contribution in [3.05, 3.63) is 34.2 Å². The third-order valence-electron chi connectivity index (χ3n) is 3.28. The molecule has 0 spiro atoms. The molecule has 1 aromatic heterocycles. The minimum atomic E-state index is -1.15. The highest BCUT2D eigenvalue weighted by molar-refractivity contribution is 5.87. The highest BCUT2D eigenvalue weighted by Crippen LogP contribution is 2.17. The molecule has 6 heteroatoms. The number of nitrogens with zero attached hydrogens (tertiary/aromatic N) is 1. The van der Waals surface area contributed by atoms with E-state index in [0.717, 1.165) is 31.7 Å². The molecule has 2 rings (SSSR count). The highest BCUT2D eigenvalue weighted by atomic mass is 16.4. The molecule has 1 amide bonds. The average molecular weight is 264 g/mol. The first-order valence-electron chi connectivity index (χ1n) is 6.29. The quantitative estimate of drug-likeness (QED) is 0.833. The van der Waals surface area contributed by atoms with Crippen LogP contribution in [0.4, 0.5) is 0 Å². The van der Waals surface area contributed by atoms with Gasteiger partial charge in [0.2, 0.25) is 5.91 Å². The zero-order valence-corrected chi connectivity index (χ0v) is 10.5. The number of carbonyl (C=O) groups excluding carboxylic acids is 1. The Hall–Kier alpha value is -2.11. The molecule has 1 heterocycles. The van der Waals surface area contributed by atoms with Crippen molar-refractivity contribution < 1.29 is 14.7 Å². The highest BCUT2D eigenvalue weighted by Gasteiger charge is 2.17. The smallest absolute Gasteiger partial charge is 0.335 e. The number of hydrogen-bond acceptors (Lipinski definition) is 3. The number of carboxylic acid groups (broad SMARTS) is 1. The average Bonchev–Trinajstić information content (AvgIpc) is 2.84. The van der Waals surface area contributed by atoms with Gasteiger partial charge in [0.1, 0.15) is 6.54 Å². The molecule has 1 aliphatic carbocycles. The predicted molar refractivity (Wildman–Crippen MR) is 68.1 cm³/mol. The number of pyridine rings is 1. The van der Waals surface area contributed by atoms with Gasteiger partial charge in [-0.2, -0.15) is 0 Å². The molecular formula is C13H16N2O4. The Labute approximate surface area is 110 Å². The number of aromatic nitrogens is 1. The largest absolute Gasteiger partial charge is 0.478 e. The topological polar surface area (TPSA) is 88.4 Å². The third kappa shape index (κ3) is 3.43. The van der Waals surface area contributed by atoms with Crippen LogP contribution >= 0.6 is 0 Å². The number of rotatable bonds is 4. The number of amides is 1. The zero-order valence-electron chi connectivity index (χ0n) is 10.5. The summed E-state index contributed by atoms with van der Waals surface area (Å²) >= 11 is 0. The van der Waals surface area contributed by atoms with E-state index in [1.54, 1.807) is 0 Å². The van der Waals surface area contributed by atoms with E-state index in [2.05, 4.69) is 5.32 Å². The summed E-state index contributed by atoms with van der Waals surface area (Å²) in [4.78, 5) is 34.1. The van der Waals surface area contributed by atoms with Gasteiger partial charge in [-0.15, -0.1) is 0 Å². The molecule has 102 valence electrons. The monoisotopic (exact) mass is 264 g/mol. The number of carboxylic acids is 1. The first-order valence-corrected chi connectivity index (χ1v) is 6.29. The van der Waals surface area contributed by atoms with Gasteiger partial charge < -0.3 is 15.0 Å². The molecule has 1 saturated carbocycles. The van der Waals surface area contributed by atoms with Crippen LogP contribution in [-0.2, 0) is 11.3 Å². The minimum Gasteiger partial charge on any atom is -0.478 e. The molecule has 19 heavy (non-hydrogen) atoms. The van der Waals surface area contributed by atoms with E-state index in [1.165, 1.54) is 16.8 Å². The molecule has 6 nitrogen and oxygen atoms in total. The van der Waals surface area contributed by atoms with Crippen molar-refractivity contribution in [1.82, 2.24) is 9.88 Å². The second-order valence-electron chi connectivity index (χ2n) is 4.74. The van der Waals surface area contributed by atoms with E-state index in [9.17, 15) is 14.4 Å². The minimum absolute atomic E-state index is 0.0718. The summed E-state index contributed by atoms with van der Waals surface area (Å²) in [6.45, 7) is -0.0742. The molecule has 0 aromatic carbocycles. The van der Waals surface area contributed by atoms with Crippen molar-refractivity contribution in [3.8, 4) is 0 Å². The summed E-state index contributed by atoms with van der Waals surface area (Å²) < 4.78 is 1.21. The number of hydrogen-bond donors (Lipinski definition) is 2. The fraction of sp³-hybridized carbons (Fsp3) is 0.462. The molecule has 0 saturated heterocycles. The van der Waals surface area contributed by atoms with Crippen molar-refractivity contribution in [2.75, 3.05) is 0 Å². The van der Waals surface area contributed by atoms with E-state index in [-0.39, 0.29) is 24.1 Å². The van der Waals surface area contributed by atoms with Crippen LogP contribution in [0.15, 0.2) is 23.1 Å². The van der Waals surface area contributed by atoms with Gasteiger partial charge in [0.15, 0.2) is 0 Å². The molecule has 0 radical (unpaired) electrons. The molecule has 1 aliphatic rings. The molecule has 0 unspecified atom stereocenters. The molecule has 0 bridgehead atoms. The molecule has 2 N–H and O–H groups in total. The number of nitrogens with one attached hydrogen (secondary N) is 1. The molecular weight excluding hydrogens is 248 g/mol. The Balaban J connectivity index is 2.00. The number of carbonyl (C=O) groups is 2. The Morgan fingerprint density at radius 1 is 1.37 bits per heavy atom. The first-order chi connectivity index (χ1) is 9.06. The van der Waals surface area contributed by atoms with Gasteiger partial charge >= 0.3 is 5.97 Å². The third-order valence-corrected chi connectivity index (χ3v) is 3.28. The zero-order chi connectivity index (χ0) is 13.8. The van der Waals surface area contributed by atoms with Crippen molar-refractivity contribution in [2.45, 2.75) is 38.3 Å². The van der Waals surface area contributed by atoms with E-state index in [0.29, 0.717) is 0 Å². The summed E-state index contributed by atoms with van der Waals surface area (Å²) in [5.74, 6) is -1.36. The number of aromatic carboxylic acids is 1. The van der Waals surface area contributed by atoms with Gasteiger partial charge in [0.25, 0.3) is 5.56 Å². The van der Waals surface area contributed by atoms with Crippen LogP contribution in [0.25, 0.3) is 0 Å². The van der Waals surface area contributed by atoms with Crippen LogP contribution in [0.3, 0.4) is 0 Å². The SMILES string of the molecule is O=C(Cn1ccc(C(=O)O)cc1=O)NC1CCCC1. The lowest BCUT2D eigenvalue weighted by atomic mass is 10.2. The van der Waals surface area contributed by atoms with Gasteiger partial charge in [0.05, 0.1) is 5.56 Å². The van der Waals surface area contributed by atoms with Gasteiger partial charge in [-0.25, -0.2) is 4.79 Å². The normalized spacial score (nSPS) is 15.4. The lowest BCUT2D eigenvalue weighted by Crippen LogP contribution is -2.37. The summed E-state index contributed by atoms with van der Waals surface area (Å²) in [6.07, 6.45) is 5.55. The van der Waals surface area contributed by atoms with Crippen LogP contribution in [-0.4, -0.2) is 27.6 Å². The Bertz CT molecular complexity index is 544. The lowest BCUT2D eigenvalue weighted by molar-refractivity contribution is -0.122. The van der Waals surface area contributed by atoms with Crippen molar-refractivity contribution in [2.24, 2.45) is 0 Å². The molecule has 1 aromatic rings. The lowest BCUT2D eigenvalue weighted by Gasteiger charge is -2.12. The Kier molecular flexibility index (Phi) is 3.99. The predicted octanol–water partition coefficient (Wildman–Crippen LogP) is 0.605. The van der Waals surface area contributed by atoms with Crippen molar-refractivity contribution >= 4 is 11.9 Å². The van der Waals surface area contributed by atoms with E-state index >= 15 is 0 Å². The maximum atomic E-state index is 11.8. The Morgan fingerprint density at radius 2 is 2.05 bits per heavy atom. The van der Waals surface area contributed by atoms with Crippen LogP contribution in [0.2, 0.25) is 0 Å². The van der Waals surface area contributed by atoms with E-state index in [4.69, 9.17) is 5.11 Å². The van der Waals surface area contributed by atoms with Crippen LogP contribution < -0.4 is 10.9 Å². The van der Waals surface area contributed by atoms with Crippen LogP contribution in [0.5, 0.6) is 0 Å². The van der Waals surface area contributed by atoms with E-state index in [1.807, 2.05) is 0 Å². The van der Waals surface area contributed by atoms with Crippen LogP contribution in [0, 0.1) is 0 Å². The first kappa shape index (κ1) is 13.3. The van der Waals surface area contributed by atoms with Gasteiger partial charge in [0, 0.05) is 18.3 Å². The van der Waals surface area contributed by atoms with Crippen molar-refractivity contribution in [1.29, 1.82) is 0 Å². The van der Waals surface area contributed by atoms with Gasteiger partial charge in [-0.05, 0) is 18.9 Å². The van der Waals surface area contributed by atoms with E-state index < -0.39 is 11.5 Å². The van der Waals surface area contributed by atoms with Crippen LogP contribution in [0.1, 0.15) is 36.0 Å². The summed E-state index contributed by atoms with van der Waals surface area (Å²) in [6, 6.07) is 2.54. The Morgan fingerprint density at radius 3 is 2.63 bits per heavy atom. The molecule has 0 aliphatic heterocycles. The fourth-order valence-corrected chi connectivity index (χ4v) is 2.27. The van der Waals surface area contributed by atoms with Gasteiger partial charge in [-0.1, -0.05) is 12.8 Å². The second kappa shape index (κ2) is 5.69. The van der Waals surface area contributed by atoms with Crippen molar-refractivity contribution in [3.63, 3.8) is 0 Å². The summed E-state index contributed by atoms with van der Waals surface area (Å²) in [5, 5.41) is 11.6. The standard InChI is InChI=1S/C13H16N2O4/c16-11(14-10-3-1-2-4-10)8-15-6-5-9(13(18)19)7-12(15)17/h5-7,10H,1-4,8H2,(H,14,16)(H,18,19). The second-order valence-corrected chi connectivity index (χ2v) is 4.74. The molecule has 0 atom stereocenters. The van der Waals surface area contributed by atoms with Gasteiger partial charge in [-0.3, -0.25) is 9.59 Å². The summed E-state index contributed by atoms with van der Waals surface area (Å²) in [5.41, 5.74) is -0.557. The molecule has 1 fully saturated rings. The summed E-state index contributed by atoms with van der Waals surface area (Å²) in [7, 11) is 0. The maximum Gasteiger partial charge on any atom is 0.335 e. The maximum absolute atomic E-state index is 11.8.